The summed E-state index contributed by atoms with van der Waals surface area (Å²) in [5, 5.41) is 5.04. The molecule has 2 aromatic heterocycles. The first-order chi connectivity index (χ1) is 11.3. The Morgan fingerprint density at radius 1 is 1.09 bits per heavy atom. The first-order valence-electron chi connectivity index (χ1n) is 7.38. The molecular weight excluding hydrogens is 306 g/mol. The highest BCUT2D eigenvalue weighted by molar-refractivity contribution is 7.98. The number of benzene rings is 2. The first kappa shape index (κ1) is 14.1. The Hall–Kier alpha value is -2.53. The fourth-order valence-electron chi connectivity index (χ4n) is 2.43. The third-order valence-corrected chi connectivity index (χ3v) is 4.50. The second-order valence-corrected chi connectivity index (χ2v) is 6.36. The minimum absolute atomic E-state index is 0.717. The molecule has 0 spiro atoms. The Morgan fingerprint density at radius 3 is 2.83 bits per heavy atom. The van der Waals surface area contributed by atoms with Gasteiger partial charge in [0.1, 0.15) is 0 Å². The molecule has 0 atom stereocenters. The average Bonchev–Trinajstić information content (AvgIpc) is 3.20. The number of aromatic amines is 1. The Balaban J connectivity index is 1.49. The summed E-state index contributed by atoms with van der Waals surface area (Å²) in [6.07, 6.45) is 0. The van der Waals surface area contributed by atoms with Crippen molar-refractivity contribution in [2.24, 2.45) is 0 Å². The molecule has 4 rings (SSSR count). The third-order valence-electron chi connectivity index (χ3n) is 3.59. The molecular formula is C18H15N3OS. The van der Waals surface area contributed by atoms with Crippen LogP contribution in [0, 0.1) is 6.92 Å². The average molecular weight is 321 g/mol. The summed E-state index contributed by atoms with van der Waals surface area (Å²) in [4.78, 5) is 7.92. The largest absolute Gasteiger partial charge is 0.356 e. The van der Waals surface area contributed by atoms with Crippen LogP contribution in [0.25, 0.3) is 22.4 Å². The van der Waals surface area contributed by atoms with Gasteiger partial charge in [-0.25, -0.2) is 4.98 Å². The van der Waals surface area contributed by atoms with E-state index < -0.39 is 0 Å². The molecule has 114 valence electrons. The fraction of sp³-hybridized carbons (Fsp3) is 0.111. The quantitative estimate of drug-likeness (QED) is 0.548. The Morgan fingerprint density at radius 2 is 1.96 bits per heavy atom. The smallest absolute Gasteiger partial charge is 0.167 e. The third kappa shape index (κ3) is 3.00. The van der Waals surface area contributed by atoms with Gasteiger partial charge >= 0.3 is 0 Å². The molecule has 0 aliphatic heterocycles. The van der Waals surface area contributed by atoms with Gasteiger partial charge in [-0.1, -0.05) is 53.3 Å². The minimum atomic E-state index is 0.717. The minimum Gasteiger partial charge on any atom is -0.356 e. The maximum Gasteiger partial charge on any atom is 0.167 e. The van der Waals surface area contributed by atoms with Gasteiger partial charge in [-0.05, 0) is 24.6 Å². The van der Waals surface area contributed by atoms with Crippen LogP contribution in [0.1, 0.15) is 11.3 Å². The molecule has 0 unspecified atom stereocenters. The summed E-state index contributed by atoms with van der Waals surface area (Å²) in [7, 11) is 0. The van der Waals surface area contributed by atoms with Crippen LogP contribution in [-0.4, -0.2) is 15.1 Å². The molecule has 0 fully saturated rings. The van der Waals surface area contributed by atoms with Crippen molar-refractivity contribution in [2.75, 3.05) is 0 Å². The Bertz CT molecular complexity index is 943. The molecule has 4 nitrogen and oxygen atoms in total. The molecule has 2 aromatic carbocycles. The molecule has 0 radical (unpaired) electrons. The predicted octanol–water partition coefficient (Wildman–Crippen LogP) is 4.82. The van der Waals surface area contributed by atoms with E-state index in [1.54, 1.807) is 11.8 Å². The second kappa shape index (κ2) is 5.93. The zero-order chi connectivity index (χ0) is 15.6. The van der Waals surface area contributed by atoms with Gasteiger partial charge in [0.05, 0.1) is 16.7 Å². The molecule has 0 aliphatic carbocycles. The number of aromatic nitrogens is 3. The van der Waals surface area contributed by atoms with Crippen LogP contribution in [0.3, 0.4) is 0 Å². The lowest BCUT2D eigenvalue weighted by Gasteiger charge is -1.92. The van der Waals surface area contributed by atoms with E-state index >= 15 is 0 Å². The lowest BCUT2D eigenvalue weighted by molar-refractivity contribution is 0.426. The molecule has 4 aromatic rings. The van der Waals surface area contributed by atoms with Crippen molar-refractivity contribution in [1.29, 1.82) is 0 Å². The topological polar surface area (TPSA) is 54.7 Å². The van der Waals surface area contributed by atoms with Crippen LogP contribution < -0.4 is 0 Å². The van der Waals surface area contributed by atoms with Crippen LogP contribution in [0.5, 0.6) is 0 Å². The van der Waals surface area contributed by atoms with Crippen molar-refractivity contribution in [1.82, 2.24) is 15.1 Å². The van der Waals surface area contributed by atoms with E-state index in [0.717, 1.165) is 39.0 Å². The maximum atomic E-state index is 5.42. The number of fused-ring (bicyclic) bond motifs is 1. The fourth-order valence-corrected chi connectivity index (χ4v) is 3.19. The summed E-state index contributed by atoms with van der Waals surface area (Å²) >= 11 is 1.62. The van der Waals surface area contributed by atoms with Crippen LogP contribution >= 0.6 is 11.8 Å². The van der Waals surface area contributed by atoms with Crippen LogP contribution in [0.4, 0.5) is 0 Å². The Labute approximate surface area is 137 Å². The van der Waals surface area contributed by atoms with Gasteiger partial charge in [0, 0.05) is 17.4 Å². The molecule has 1 N–H and O–H groups in total. The molecule has 0 saturated heterocycles. The number of H-pyrrole nitrogens is 1. The van der Waals surface area contributed by atoms with Gasteiger partial charge in [0.2, 0.25) is 0 Å². The Kier molecular flexibility index (Phi) is 3.63. The molecule has 23 heavy (non-hydrogen) atoms. The second-order valence-electron chi connectivity index (χ2n) is 5.40. The maximum absolute atomic E-state index is 5.42. The number of hydrogen-bond acceptors (Lipinski definition) is 4. The van der Waals surface area contributed by atoms with E-state index in [-0.39, 0.29) is 0 Å². The van der Waals surface area contributed by atoms with Gasteiger partial charge < -0.3 is 9.51 Å². The lowest BCUT2D eigenvalue weighted by Crippen LogP contribution is -1.80. The number of aryl methyl sites for hydroxylation is 1. The number of imidazole rings is 1. The van der Waals surface area contributed by atoms with Gasteiger partial charge in [0.15, 0.2) is 10.9 Å². The highest BCUT2D eigenvalue weighted by Crippen LogP contribution is 2.26. The number of hydrogen-bond donors (Lipinski definition) is 1. The molecule has 0 amide bonds. The van der Waals surface area contributed by atoms with Crippen LogP contribution in [-0.2, 0) is 5.75 Å². The van der Waals surface area contributed by atoms with Crippen LogP contribution in [0.2, 0.25) is 0 Å². The number of nitrogens with zero attached hydrogens (tertiary/aromatic N) is 2. The van der Waals surface area contributed by atoms with Crippen molar-refractivity contribution in [3.05, 3.63) is 65.9 Å². The number of nitrogens with one attached hydrogen (secondary N) is 1. The van der Waals surface area contributed by atoms with E-state index in [9.17, 15) is 0 Å². The van der Waals surface area contributed by atoms with E-state index in [0.29, 0.717) is 0 Å². The van der Waals surface area contributed by atoms with Crippen molar-refractivity contribution < 1.29 is 4.52 Å². The van der Waals surface area contributed by atoms with Gasteiger partial charge in [-0.3, -0.25) is 0 Å². The normalized spacial score (nSPS) is 11.2. The van der Waals surface area contributed by atoms with Gasteiger partial charge in [-0.2, -0.15) is 0 Å². The highest BCUT2D eigenvalue weighted by Gasteiger charge is 2.09. The van der Waals surface area contributed by atoms with Crippen molar-refractivity contribution in [2.45, 2.75) is 17.8 Å². The summed E-state index contributed by atoms with van der Waals surface area (Å²) in [5.41, 5.74) is 5.23. The molecule has 2 heterocycles. The first-order valence-corrected chi connectivity index (χ1v) is 8.37. The zero-order valence-corrected chi connectivity index (χ0v) is 13.4. The van der Waals surface area contributed by atoms with E-state index in [1.807, 2.05) is 42.5 Å². The highest BCUT2D eigenvalue weighted by atomic mass is 32.2. The predicted molar refractivity (Wildman–Crippen MR) is 92.3 cm³/mol. The molecule has 0 bridgehead atoms. The van der Waals surface area contributed by atoms with Crippen LogP contribution in [0.15, 0.2) is 64.3 Å². The number of thioether (sulfide) groups is 1. The summed E-state index contributed by atoms with van der Waals surface area (Å²) < 4.78 is 5.42. The number of rotatable bonds is 4. The van der Waals surface area contributed by atoms with E-state index in [2.05, 4.69) is 34.2 Å². The molecule has 0 aliphatic rings. The van der Waals surface area contributed by atoms with Gasteiger partial charge in [-0.15, -0.1) is 0 Å². The van der Waals surface area contributed by atoms with E-state index in [1.165, 1.54) is 5.56 Å². The summed E-state index contributed by atoms with van der Waals surface area (Å²) in [5.74, 6) is 1.51. The van der Waals surface area contributed by atoms with E-state index in [4.69, 9.17) is 4.52 Å². The standard InChI is InChI=1S/C18H15N3OS/c1-12-7-8-15-16(9-12)20-18(19-15)23-11-14-10-17(22-21-14)13-5-3-2-4-6-13/h2-10H,11H2,1H3,(H,19,20). The lowest BCUT2D eigenvalue weighted by atomic mass is 10.2. The molecule has 0 saturated carbocycles. The monoisotopic (exact) mass is 321 g/mol. The summed E-state index contributed by atoms with van der Waals surface area (Å²) in [6, 6.07) is 18.2. The van der Waals surface area contributed by atoms with Crippen molar-refractivity contribution >= 4 is 22.8 Å². The summed E-state index contributed by atoms with van der Waals surface area (Å²) in [6.45, 7) is 2.08. The zero-order valence-electron chi connectivity index (χ0n) is 12.6. The van der Waals surface area contributed by atoms with Crippen molar-refractivity contribution in [3.8, 4) is 11.3 Å². The van der Waals surface area contributed by atoms with Gasteiger partial charge in [0.25, 0.3) is 0 Å². The SMILES string of the molecule is Cc1ccc2nc(SCc3cc(-c4ccccc4)on3)[nH]c2c1. The van der Waals surface area contributed by atoms with Crippen molar-refractivity contribution in [3.63, 3.8) is 0 Å². The molecule has 5 heteroatoms.